The summed E-state index contributed by atoms with van der Waals surface area (Å²) in [6.07, 6.45) is 10.8. The highest BCUT2D eigenvalue weighted by Gasteiger charge is 2.41. The first-order valence-corrected chi connectivity index (χ1v) is 16.4. The molecule has 4 bridgehead atoms. The molecule has 2 aliphatic heterocycles. The summed E-state index contributed by atoms with van der Waals surface area (Å²) in [5.74, 6) is 2.31. The van der Waals surface area contributed by atoms with Crippen molar-refractivity contribution in [1.29, 1.82) is 0 Å². The average molecular weight is 594 g/mol. The van der Waals surface area contributed by atoms with E-state index >= 15 is 0 Å². The van der Waals surface area contributed by atoms with Crippen LogP contribution in [0.2, 0.25) is 0 Å². The molecule has 224 valence electrons. The highest BCUT2D eigenvalue weighted by molar-refractivity contribution is 7.90. The van der Waals surface area contributed by atoms with Crippen molar-refractivity contribution in [2.45, 2.75) is 75.8 Å². The van der Waals surface area contributed by atoms with Gasteiger partial charge in [-0.3, -0.25) is 4.79 Å². The molecule has 1 amide bonds. The van der Waals surface area contributed by atoms with Crippen LogP contribution >= 0.6 is 0 Å². The predicted octanol–water partition coefficient (Wildman–Crippen LogP) is 4.55. The average Bonchev–Trinajstić information content (AvgIpc) is 3.71. The fraction of sp³-hybridized carbons (Fsp3) is 0.533. The Kier molecular flexibility index (Phi) is 7.82. The van der Waals surface area contributed by atoms with E-state index in [1.807, 2.05) is 6.07 Å². The fourth-order valence-electron chi connectivity index (χ4n) is 6.54. The van der Waals surface area contributed by atoms with Crippen LogP contribution in [0.5, 0.6) is 5.88 Å². The van der Waals surface area contributed by atoms with Gasteiger partial charge in [0.15, 0.2) is 10.8 Å². The van der Waals surface area contributed by atoms with Gasteiger partial charge in [0, 0.05) is 30.9 Å². The van der Waals surface area contributed by atoms with Crippen LogP contribution in [0.3, 0.4) is 0 Å². The van der Waals surface area contributed by atoms with Gasteiger partial charge < -0.3 is 15.0 Å². The van der Waals surface area contributed by atoms with Gasteiger partial charge in [-0.25, -0.2) is 19.4 Å². The maximum Gasteiger partial charge on any atom is 0.281 e. The van der Waals surface area contributed by atoms with Gasteiger partial charge in [-0.15, -0.1) is 5.10 Å². The lowest BCUT2D eigenvalue weighted by molar-refractivity contribution is 0.0981. The second-order valence-corrected chi connectivity index (χ2v) is 13.9. The monoisotopic (exact) mass is 593 g/mol. The molecule has 0 aromatic carbocycles. The number of carbonyl (C=O) groups is 1. The number of pyridine rings is 2. The van der Waals surface area contributed by atoms with Crippen molar-refractivity contribution < 1.29 is 17.9 Å². The maximum atomic E-state index is 13.6. The summed E-state index contributed by atoms with van der Waals surface area (Å²) in [6, 6.07) is 9.83. The Balaban J connectivity index is 1.32. The molecular weight excluding hydrogens is 554 g/mol. The Morgan fingerprint density at radius 1 is 1.05 bits per heavy atom. The normalized spacial score (nSPS) is 22.0. The topological polar surface area (TPSA) is 131 Å². The lowest BCUT2D eigenvalue weighted by Crippen LogP contribution is -2.41. The summed E-state index contributed by atoms with van der Waals surface area (Å²) < 4.78 is 36.2. The van der Waals surface area contributed by atoms with Gasteiger partial charge in [-0.2, -0.15) is 8.42 Å². The minimum absolute atomic E-state index is 0.181. The number of aromatic nitrogens is 4. The number of anilines is 2. The van der Waals surface area contributed by atoms with Crippen molar-refractivity contribution in [3.8, 4) is 11.7 Å². The third-order valence-electron chi connectivity index (χ3n) is 8.69. The highest BCUT2D eigenvalue weighted by atomic mass is 32.2. The number of hydrogen-bond acceptors (Lipinski definition) is 9. The quantitative estimate of drug-likeness (QED) is 0.437. The second kappa shape index (κ2) is 11.5. The lowest BCUT2D eigenvalue weighted by Gasteiger charge is -2.34. The zero-order valence-electron chi connectivity index (χ0n) is 24.3. The number of fused-ring (bicyclic) bond motifs is 6. The molecule has 3 aliphatic rings. The van der Waals surface area contributed by atoms with Crippen LogP contribution < -0.4 is 19.7 Å². The van der Waals surface area contributed by atoms with Crippen molar-refractivity contribution in [2.75, 3.05) is 29.9 Å². The number of nitrogens with one attached hydrogen (secondary N) is 2. The second-order valence-electron chi connectivity index (χ2n) is 12.3. The van der Waals surface area contributed by atoms with Crippen LogP contribution in [-0.2, 0) is 10.0 Å². The van der Waals surface area contributed by atoms with Crippen molar-refractivity contribution in [3.05, 3.63) is 48.2 Å². The predicted molar refractivity (Wildman–Crippen MR) is 160 cm³/mol. The first-order chi connectivity index (χ1) is 20.2. The molecule has 1 atom stereocenters. The molecule has 3 aromatic heterocycles. The molecule has 1 aliphatic carbocycles. The van der Waals surface area contributed by atoms with E-state index in [2.05, 4.69) is 38.9 Å². The first kappa shape index (κ1) is 28.4. The first-order valence-electron chi connectivity index (χ1n) is 14.9. The summed E-state index contributed by atoms with van der Waals surface area (Å²) in [4.78, 5) is 24.9. The Bertz CT molecular complexity index is 1550. The van der Waals surface area contributed by atoms with Gasteiger partial charge in [0.1, 0.15) is 11.6 Å². The number of nitrogens with zero attached hydrogens (tertiary/aromatic N) is 5. The summed E-state index contributed by atoms with van der Waals surface area (Å²) in [7, 11) is -4.22. The molecule has 0 spiro atoms. The number of amides is 1. The van der Waals surface area contributed by atoms with Crippen LogP contribution in [0, 0.1) is 11.8 Å². The van der Waals surface area contributed by atoms with E-state index in [4.69, 9.17) is 9.72 Å². The van der Waals surface area contributed by atoms with Gasteiger partial charge in [-0.05, 0) is 75.6 Å². The van der Waals surface area contributed by atoms with Gasteiger partial charge in [0.05, 0.1) is 12.2 Å². The molecule has 6 rings (SSSR count). The standard InChI is InChI=1S/C30H39N7O4S/c1-30(2)19-22-9-6-16-31-24-10-5-11-27(32-24)42(39,40)35-29(38)23-12-13-25(33-28(23)36(30)20-22)37-17-14-26(34-37)41-18-15-21-7-3-4-8-21/h5,10-14,17,21-22H,3-4,6-9,15-16,18-20H2,1-2H3,(H,31,32)(H,35,38)/t22-/m0/s1. The summed E-state index contributed by atoms with van der Waals surface area (Å²) in [5.41, 5.74) is -0.112. The van der Waals surface area contributed by atoms with Crippen molar-refractivity contribution in [1.82, 2.24) is 24.5 Å². The molecular formula is C30H39N7O4S. The molecule has 42 heavy (non-hydrogen) atoms. The molecule has 2 N–H and O–H groups in total. The highest BCUT2D eigenvalue weighted by Crippen LogP contribution is 2.39. The summed E-state index contributed by atoms with van der Waals surface area (Å²) in [6.45, 7) is 6.28. The zero-order chi connectivity index (χ0) is 29.3. The molecule has 0 radical (unpaired) electrons. The number of rotatable bonds is 5. The van der Waals surface area contributed by atoms with E-state index < -0.39 is 15.9 Å². The third-order valence-corrected chi connectivity index (χ3v) is 9.92. The number of hydrogen-bond donors (Lipinski definition) is 2. The van der Waals surface area contributed by atoms with Crippen LogP contribution in [0.25, 0.3) is 5.82 Å². The fourth-order valence-corrected chi connectivity index (χ4v) is 7.48. The smallest absolute Gasteiger partial charge is 0.281 e. The van der Waals surface area contributed by atoms with E-state index in [-0.39, 0.29) is 16.1 Å². The van der Waals surface area contributed by atoms with Gasteiger partial charge in [0.2, 0.25) is 5.88 Å². The van der Waals surface area contributed by atoms with Crippen LogP contribution in [0.1, 0.15) is 75.6 Å². The number of sulfonamides is 1. The number of carbonyl (C=O) groups excluding carboxylic acids is 1. The van der Waals surface area contributed by atoms with Gasteiger partial charge >= 0.3 is 0 Å². The van der Waals surface area contributed by atoms with Crippen molar-refractivity contribution in [3.63, 3.8) is 0 Å². The molecule has 5 heterocycles. The molecule has 12 heteroatoms. The maximum absolute atomic E-state index is 13.6. The third kappa shape index (κ3) is 6.08. The SMILES string of the molecule is CC1(C)C[C@@H]2CCCNc3cccc(n3)S(=O)(=O)NC(=O)c3ccc(-n4ccc(OCCC5CCCC5)n4)nc3N1C2. The molecule has 1 saturated carbocycles. The van der Waals surface area contributed by atoms with Gasteiger partial charge in [-0.1, -0.05) is 31.7 Å². The number of ether oxygens (including phenoxy) is 1. The van der Waals surface area contributed by atoms with Crippen molar-refractivity contribution >= 4 is 27.6 Å². The van der Waals surface area contributed by atoms with E-state index in [1.165, 1.54) is 31.7 Å². The van der Waals surface area contributed by atoms with E-state index in [1.54, 1.807) is 35.1 Å². The van der Waals surface area contributed by atoms with Crippen LogP contribution in [0.4, 0.5) is 11.6 Å². The molecule has 2 fully saturated rings. The Hall–Kier alpha value is -3.67. The Labute approximate surface area is 247 Å². The van der Waals surface area contributed by atoms with E-state index in [9.17, 15) is 13.2 Å². The van der Waals surface area contributed by atoms with Crippen LogP contribution in [0.15, 0.2) is 47.6 Å². The van der Waals surface area contributed by atoms with E-state index in [0.29, 0.717) is 48.9 Å². The molecule has 11 nitrogen and oxygen atoms in total. The minimum atomic E-state index is -4.22. The summed E-state index contributed by atoms with van der Waals surface area (Å²) >= 11 is 0. The van der Waals surface area contributed by atoms with Gasteiger partial charge in [0.25, 0.3) is 15.9 Å². The zero-order valence-corrected chi connectivity index (χ0v) is 25.1. The summed E-state index contributed by atoms with van der Waals surface area (Å²) in [5, 5.41) is 7.58. The Morgan fingerprint density at radius 2 is 1.88 bits per heavy atom. The lowest BCUT2D eigenvalue weighted by atomic mass is 9.93. The largest absolute Gasteiger partial charge is 0.477 e. The minimum Gasteiger partial charge on any atom is -0.477 e. The van der Waals surface area contributed by atoms with Crippen molar-refractivity contribution in [2.24, 2.45) is 11.8 Å². The Morgan fingerprint density at radius 3 is 2.71 bits per heavy atom. The molecule has 3 aromatic rings. The molecule has 0 unspecified atom stereocenters. The van der Waals surface area contributed by atoms with E-state index in [0.717, 1.165) is 31.6 Å². The van der Waals surface area contributed by atoms with Crippen LogP contribution in [-0.4, -0.2) is 59.3 Å². The molecule has 1 saturated heterocycles.